The number of rotatable bonds is 10. The first-order valence-electron chi connectivity index (χ1n) is 11.1. The zero-order valence-electron chi connectivity index (χ0n) is 18.0. The van der Waals surface area contributed by atoms with E-state index in [0.717, 1.165) is 37.7 Å². The van der Waals surface area contributed by atoms with E-state index < -0.39 is 0 Å². The summed E-state index contributed by atoms with van der Waals surface area (Å²) < 4.78 is 1.66. The van der Waals surface area contributed by atoms with Crippen LogP contribution in [0, 0.1) is 0 Å². The Morgan fingerprint density at radius 1 is 1.03 bits per heavy atom. The van der Waals surface area contributed by atoms with Gasteiger partial charge in [0.25, 0.3) is 5.56 Å². The van der Waals surface area contributed by atoms with Gasteiger partial charge in [-0.15, -0.1) is 0 Å². The molecule has 0 unspecified atom stereocenters. The minimum absolute atomic E-state index is 0.0418. The van der Waals surface area contributed by atoms with Gasteiger partial charge in [-0.05, 0) is 61.4 Å². The lowest BCUT2D eigenvalue weighted by Gasteiger charge is -2.13. The molecule has 1 aliphatic carbocycles. The van der Waals surface area contributed by atoms with E-state index in [1.807, 2.05) is 30.3 Å². The first-order valence-corrected chi connectivity index (χ1v) is 12.1. The maximum atomic E-state index is 13.1. The van der Waals surface area contributed by atoms with Crippen molar-refractivity contribution < 1.29 is 9.59 Å². The maximum Gasteiger partial charge on any atom is 0.262 e. The fourth-order valence-corrected chi connectivity index (χ4v) is 5.08. The average Bonchev–Trinajstić information content (AvgIpc) is 3.26. The van der Waals surface area contributed by atoms with Crippen molar-refractivity contribution in [2.75, 3.05) is 5.75 Å². The molecule has 0 radical (unpaired) electrons. The number of carbonyl (C=O) groups is 2. The van der Waals surface area contributed by atoms with Crippen LogP contribution in [-0.2, 0) is 24.2 Å². The summed E-state index contributed by atoms with van der Waals surface area (Å²) in [4.78, 5) is 41.6. The second-order valence-electron chi connectivity index (χ2n) is 8.19. The van der Waals surface area contributed by atoms with Gasteiger partial charge in [0.1, 0.15) is 0 Å². The molecule has 0 bridgehead atoms. The molecular weight excluding hydrogens is 422 g/mol. The molecule has 0 saturated carbocycles. The molecule has 1 heterocycles. The Morgan fingerprint density at radius 2 is 1.84 bits per heavy atom. The van der Waals surface area contributed by atoms with E-state index in [4.69, 9.17) is 5.73 Å². The van der Waals surface area contributed by atoms with Crippen molar-refractivity contribution >= 4 is 34.4 Å². The van der Waals surface area contributed by atoms with Crippen molar-refractivity contribution in [2.24, 2.45) is 5.73 Å². The molecule has 0 fully saturated rings. The lowest BCUT2D eigenvalue weighted by Crippen LogP contribution is -2.24. The number of primary amides is 1. The summed E-state index contributed by atoms with van der Waals surface area (Å²) in [7, 11) is 0. The summed E-state index contributed by atoms with van der Waals surface area (Å²) in [6, 6.07) is 13.3. The van der Waals surface area contributed by atoms with Gasteiger partial charge in [-0.2, -0.15) is 0 Å². The minimum atomic E-state index is -0.309. The molecule has 2 aromatic carbocycles. The molecule has 0 spiro atoms. The maximum absolute atomic E-state index is 13.1. The molecule has 0 atom stereocenters. The standard InChI is InChI=1S/C25H27N3O3S/c26-23(30)11-2-1-5-14-28-24(31)20-9-3-4-10-21(20)27-25(28)32-16-22(29)19-13-12-17-7-6-8-18(17)15-19/h3-4,9-10,12-13,15H,1-2,5-8,11,14,16H2,(H2,26,30). The summed E-state index contributed by atoms with van der Waals surface area (Å²) >= 11 is 1.31. The fraction of sp³-hybridized carbons (Fsp3) is 0.360. The lowest BCUT2D eigenvalue weighted by molar-refractivity contribution is -0.118. The van der Waals surface area contributed by atoms with Gasteiger partial charge in [0.05, 0.1) is 16.7 Å². The van der Waals surface area contributed by atoms with Crippen LogP contribution in [0.5, 0.6) is 0 Å². The quantitative estimate of drug-likeness (QED) is 0.219. The van der Waals surface area contributed by atoms with Crippen LogP contribution in [0.25, 0.3) is 10.9 Å². The monoisotopic (exact) mass is 449 g/mol. The number of thioether (sulfide) groups is 1. The molecule has 2 N–H and O–H groups in total. The molecule has 1 amide bonds. The number of fused-ring (bicyclic) bond motifs is 2. The zero-order chi connectivity index (χ0) is 22.5. The molecule has 32 heavy (non-hydrogen) atoms. The van der Waals surface area contributed by atoms with Crippen LogP contribution in [0.1, 0.15) is 53.6 Å². The summed E-state index contributed by atoms with van der Waals surface area (Å²) in [5.41, 5.74) is 9.08. The highest BCUT2D eigenvalue weighted by Gasteiger charge is 2.16. The molecule has 0 aliphatic heterocycles. The predicted molar refractivity (Wildman–Crippen MR) is 127 cm³/mol. The van der Waals surface area contributed by atoms with Crippen molar-refractivity contribution in [2.45, 2.75) is 56.6 Å². The normalized spacial score (nSPS) is 12.8. The van der Waals surface area contributed by atoms with Crippen molar-refractivity contribution in [3.8, 4) is 0 Å². The largest absolute Gasteiger partial charge is 0.370 e. The summed E-state index contributed by atoms with van der Waals surface area (Å²) in [5, 5.41) is 1.12. The minimum Gasteiger partial charge on any atom is -0.370 e. The van der Waals surface area contributed by atoms with E-state index in [1.54, 1.807) is 10.6 Å². The number of nitrogens with two attached hydrogens (primary N) is 1. The van der Waals surface area contributed by atoms with E-state index in [-0.39, 0.29) is 23.0 Å². The molecular formula is C25H27N3O3S. The van der Waals surface area contributed by atoms with Crippen LogP contribution >= 0.6 is 11.8 Å². The molecule has 3 aromatic rings. The summed E-state index contributed by atoms with van der Waals surface area (Å²) in [6.07, 6.45) is 5.84. The number of carbonyl (C=O) groups excluding carboxylic acids is 2. The Hall–Kier alpha value is -2.93. The Kier molecular flexibility index (Phi) is 7.05. The molecule has 166 valence electrons. The van der Waals surface area contributed by atoms with Crippen LogP contribution < -0.4 is 11.3 Å². The van der Waals surface area contributed by atoms with Gasteiger partial charge in [0, 0.05) is 18.5 Å². The van der Waals surface area contributed by atoms with Crippen LogP contribution in [-0.4, -0.2) is 27.0 Å². The van der Waals surface area contributed by atoms with E-state index in [0.29, 0.717) is 35.4 Å². The molecule has 0 saturated heterocycles. The Labute approximate surface area is 191 Å². The van der Waals surface area contributed by atoms with E-state index >= 15 is 0 Å². The number of aryl methyl sites for hydroxylation is 2. The van der Waals surface area contributed by atoms with Gasteiger partial charge in [-0.3, -0.25) is 19.0 Å². The van der Waals surface area contributed by atoms with Crippen LogP contribution in [0.4, 0.5) is 0 Å². The predicted octanol–water partition coefficient (Wildman–Crippen LogP) is 3.91. The van der Waals surface area contributed by atoms with Crippen molar-refractivity contribution in [3.05, 3.63) is 69.5 Å². The van der Waals surface area contributed by atoms with Crippen molar-refractivity contribution in [3.63, 3.8) is 0 Å². The Balaban J connectivity index is 1.51. The SMILES string of the molecule is NC(=O)CCCCCn1c(SCC(=O)c2ccc3c(c2)CCC3)nc2ccccc2c1=O. The van der Waals surface area contributed by atoms with E-state index in [2.05, 4.69) is 11.1 Å². The number of amides is 1. The first kappa shape index (κ1) is 22.3. The van der Waals surface area contributed by atoms with Crippen LogP contribution in [0.15, 0.2) is 52.4 Å². The number of unbranched alkanes of at least 4 members (excludes halogenated alkanes) is 2. The third-order valence-corrected chi connectivity index (χ3v) is 6.86. The lowest BCUT2D eigenvalue weighted by atomic mass is 10.0. The molecule has 6 nitrogen and oxygen atoms in total. The van der Waals surface area contributed by atoms with E-state index in [1.165, 1.54) is 22.9 Å². The highest BCUT2D eigenvalue weighted by Crippen LogP contribution is 2.25. The number of para-hydroxylation sites is 1. The number of hydrogen-bond donors (Lipinski definition) is 1. The van der Waals surface area contributed by atoms with Crippen molar-refractivity contribution in [1.82, 2.24) is 9.55 Å². The Morgan fingerprint density at radius 3 is 2.69 bits per heavy atom. The third-order valence-electron chi connectivity index (χ3n) is 5.88. The highest BCUT2D eigenvalue weighted by molar-refractivity contribution is 7.99. The second kappa shape index (κ2) is 10.1. The molecule has 1 aromatic heterocycles. The van der Waals surface area contributed by atoms with Crippen LogP contribution in [0.3, 0.4) is 0 Å². The van der Waals surface area contributed by atoms with Gasteiger partial charge in [0.15, 0.2) is 10.9 Å². The van der Waals surface area contributed by atoms with E-state index in [9.17, 15) is 14.4 Å². The summed E-state index contributed by atoms with van der Waals surface area (Å²) in [6.45, 7) is 0.491. The highest BCUT2D eigenvalue weighted by atomic mass is 32.2. The zero-order valence-corrected chi connectivity index (χ0v) is 18.8. The topological polar surface area (TPSA) is 95.1 Å². The van der Waals surface area contributed by atoms with Gasteiger partial charge in [-0.1, -0.05) is 42.4 Å². The number of Topliss-reactive ketones (excluding diaryl/α,β-unsaturated/α-hetero) is 1. The summed E-state index contributed by atoms with van der Waals surface area (Å²) in [5.74, 6) is -0.0402. The number of ketones is 1. The van der Waals surface area contributed by atoms with Crippen molar-refractivity contribution in [1.29, 1.82) is 0 Å². The molecule has 4 rings (SSSR count). The Bertz CT molecular complexity index is 1220. The third kappa shape index (κ3) is 5.10. The number of hydrogen-bond acceptors (Lipinski definition) is 5. The second-order valence-corrected chi connectivity index (χ2v) is 9.14. The van der Waals surface area contributed by atoms with Gasteiger partial charge in [-0.25, -0.2) is 4.98 Å². The average molecular weight is 450 g/mol. The van der Waals surface area contributed by atoms with Gasteiger partial charge >= 0.3 is 0 Å². The fourth-order valence-electron chi connectivity index (χ4n) is 4.16. The first-order chi connectivity index (χ1) is 15.5. The molecule has 7 heteroatoms. The van der Waals surface area contributed by atoms with Crippen LogP contribution in [0.2, 0.25) is 0 Å². The van der Waals surface area contributed by atoms with Gasteiger partial charge in [0.2, 0.25) is 5.91 Å². The van der Waals surface area contributed by atoms with Gasteiger partial charge < -0.3 is 5.73 Å². The smallest absolute Gasteiger partial charge is 0.262 e. The number of aromatic nitrogens is 2. The number of nitrogens with zero attached hydrogens (tertiary/aromatic N) is 2. The number of benzene rings is 2. The molecule has 1 aliphatic rings.